The molecule has 3 aromatic carbocycles. The number of benzene rings is 3. The summed E-state index contributed by atoms with van der Waals surface area (Å²) < 4.78 is 96.6. The van der Waals surface area contributed by atoms with Crippen LogP contribution in [-0.4, -0.2) is 30.3 Å². The van der Waals surface area contributed by atoms with Crippen molar-refractivity contribution >= 4 is 34.8 Å². The molecule has 1 aliphatic rings. The summed E-state index contributed by atoms with van der Waals surface area (Å²) >= 11 is 5.82. The first kappa shape index (κ1) is 28.2. The predicted molar refractivity (Wildman–Crippen MR) is 131 cm³/mol. The summed E-state index contributed by atoms with van der Waals surface area (Å²) in [5, 5.41) is 5.49. The summed E-state index contributed by atoms with van der Waals surface area (Å²) in [5.41, 5.74) is 1.78. The number of carbonyl (C=O) groups is 1. The van der Waals surface area contributed by atoms with Crippen LogP contribution in [0.1, 0.15) is 17.3 Å². The van der Waals surface area contributed by atoms with E-state index in [1.165, 1.54) is 37.3 Å². The molecule has 1 amide bonds. The molecule has 0 spiro atoms. The Labute approximate surface area is 222 Å². The number of rotatable bonds is 4. The van der Waals surface area contributed by atoms with Gasteiger partial charge in [-0.15, -0.1) is 0 Å². The van der Waals surface area contributed by atoms with E-state index in [0.29, 0.717) is 12.1 Å². The minimum Gasteiger partial charge on any atom is -0.323 e. The van der Waals surface area contributed by atoms with Gasteiger partial charge in [0.05, 0.1) is 16.4 Å². The minimum atomic E-state index is -4.72. The lowest BCUT2D eigenvalue weighted by Crippen LogP contribution is -2.45. The van der Waals surface area contributed by atoms with Crippen molar-refractivity contribution < 1.29 is 35.5 Å². The average Bonchev–Trinajstić information content (AvgIpc) is 3.20. The number of guanidine groups is 1. The van der Waals surface area contributed by atoms with Crippen molar-refractivity contribution in [2.45, 2.75) is 25.3 Å². The zero-order chi connectivity index (χ0) is 28.5. The third kappa shape index (κ3) is 6.25. The number of aliphatic imine (C=N–C) groups is 1. The normalized spacial score (nSPS) is 19.8. The fourth-order valence-corrected chi connectivity index (χ4v) is 4.07. The summed E-state index contributed by atoms with van der Waals surface area (Å²) in [5.74, 6) is -6.94. The van der Waals surface area contributed by atoms with Gasteiger partial charge < -0.3 is 5.32 Å². The van der Waals surface area contributed by atoms with Crippen molar-refractivity contribution in [3.63, 3.8) is 0 Å². The third-order valence-corrected chi connectivity index (χ3v) is 6.17. The van der Waals surface area contributed by atoms with Crippen LogP contribution in [0.4, 0.5) is 42.1 Å². The molecule has 0 radical (unpaired) electrons. The van der Waals surface area contributed by atoms with Gasteiger partial charge in [-0.1, -0.05) is 24.6 Å². The SMILES string of the molecule is CC1C(N=C(NC(=O)c2ccc(F)c(F)c2)Nc2cccc(Cl)c2F)N(c2ccc(F)cc2)NC1C(F)(F)F. The molecule has 0 bridgehead atoms. The molecule has 1 aliphatic heterocycles. The van der Waals surface area contributed by atoms with Crippen molar-refractivity contribution in [1.29, 1.82) is 0 Å². The molecule has 14 heteroatoms. The van der Waals surface area contributed by atoms with Gasteiger partial charge in [-0.3, -0.25) is 15.1 Å². The van der Waals surface area contributed by atoms with Crippen molar-refractivity contribution in [3.8, 4) is 0 Å². The fourth-order valence-electron chi connectivity index (χ4n) is 3.90. The first-order valence-corrected chi connectivity index (χ1v) is 11.7. The molecule has 1 fully saturated rings. The molecule has 3 aromatic rings. The lowest BCUT2D eigenvalue weighted by molar-refractivity contribution is -0.160. The standard InChI is InChI=1S/C25H19ClF7N5O/c1-12-21(25(31,32)33)37-38(15-8-6-14(27)7-9-15)22(12)35-24(34-19-4-2-3-16(26)20(19)30)36-23(39)13-5-10-17(28)18(29)11-13/h2-12,21-22,37H,1H3,(H2,34,35,36,39). The lowest BCUT2D eigenvalue weighted by Gasteiger charge is -2.26. The van der Waals surface area contributed by atoms with Crippen LogP contribution in [0.5, 0.6) is 0 Å². The van der Waals surface area contributed by atoms with Gasteiger partial charge in [0, 0.05) is 11.5 Å². The summed E-state index contributed by atoms with van der Waals surface area (Å²) in [4.78, 5) is 17.1. The number of hydrogen-bond acceptors (Lipinski definition) is 4. The van der Waals surface area contributed by atoms with Crippen LogP contribution in [0, 0.1) is 29.2 Å². The van der Waals surface area contributed by atoms with Crippen molar-refractivity contribution in [1.82, 2.24) is 10.7 Å². The number of amides is 1. The van der Waals surface area contributed by atoms with Crippen LogP contribution in [0.2, 0.25) is 5.02 Å². The smallest absolute Gasteiger partial charge is 0.323 e. The van der Waals surface area contributed by atoms with E-state index in [1.54, 1.807) is 0 Å². The number of carbonyl (C=O) groups excluding carboxylic acids is 1. The Bertz CT molecular complexity index is 1400. The Hall–Kier alpha value is -3.84. The number of nitrogens with zero attached hydrogens (tertiary/aromatic N) is 2. The van der Waals surface area contributed by atoms with E-state index in [4.69, 9.17) is 11.6 Å². The van der Waals surface area contributed by atoms with E-state index in [0.717, 1.165) is 23.2 Å². The van der Waals surface area contributed by atoms with E-state index in [-0.39, 0.29) is 22.0 Å². The highest BCUT2D eigenvalue weighted by molar-refractivity contribution is 6.31. The maximum atomic E-state index is 14.6. The molecule has 3 unspecified atom stereocenters. The van der Waals surface area contributed by atoms with Crippen LogP contribution in [0.3, 0.4) is 0 Å². The molecule has 4 rings (SSSR count). The summed E-state index contributed by atoms with van der Waals surface area (Å²) in [6.07, 6.45) is -6.10. The van der Waals surface area contributed by atoms with E-state index in [1.807, 2.05) is 0 Å². The van der Waals surface area contributed by atoms with Gasteiger partial charge in [0.1, 0.15) is 18.0 Å². The zero-order valence-corrected chi connectivity index (χ0v) is 20.6. The summed E-state index contributed by atoms with van der Waals surface area (Å²) in [6.45, 7) is 1.25. The highest BCUT2D eigenvalue weighted by Crippen LogP contribution is 2.36. The van der Waals surface area contributed by atoms with E-state index < -0.39 is 59.4 Å². The molecular weight excluding hydrogens is 555 g/mol. The second kappa shape index (κ2) is 11.1. The molecule has 1 heterocycles. The van der Waals surface area contributed by atoms with Crippen molar-refractivity contribution in [3.05, 3.63) is 94.5 Å². The highest BCUT2D eigenvalue weighted by atomic mass is 35.5. The maximum Gasteiger partial charge on any atom is 0.406 e. The summed E-state index contributed by atoms with van der Waals surface area (Å²) in [7, 11) is 0. The molecule has 0 aliphatic carbocycles. The van der Waals surface area contributed by atoms with Gasteiger partial charge in [-0.2, -0.15) is 13.2 Å². The van der Waals surface area contributed by atoms with Crippen molar-refractivity contribution in [2.24, 2.45) is 10.9 Å². The number of hydrazine groups is 1. The Morgan fingerprint density at radius 2 is 1.69 bits per heavy atom. The minimum absolute atomic E-state index is 0.115. The monoisotopic (exact) mass is 573 g/mol. The van der Waals surface area contributed by atoms with Gasteiger partial charge in [-0.05, 0) is 54.6 Å². The Kier molecular flexibility index (Phi) is 8.02. The van der Waals surface area contributed by atoms with E-state index in [2.05, 4.69) is 21.1 Å². The van der Waals surface area contributed by atoms with Crippen LogP contribution < -0.4 is 21.1 Å². The number of halogens is 8. The first-order valence-electron chi connectivity index (χ1n) is 11.3. The van der Waals surface area contributed by atoms with Gasteiger partial charge in [0.15, 0.2) is 17.5 Å². The second-order valence-electron chi connectivity index (χ2n) is 8.55. The fraction of sp³-hybridized carbons (Fsp3) is 0.200. The van der Waals surface area contributed by atoms with Crippen LogP contribution in [0.25, 0.3) is 0 Å². The quantitative estimate of drug-likeness (QED) is 0.203. The van der Waals surface area contributed by atoms with Crippen molar-refractivity contribution in [2.75, 3.05) is 10.3 Å². The highest BCUT2D eigenvalue weighted by Gasteiger charge is 2.53. The number of alkyl halides is 3. The topological polar surface area (TPSA) is 68.8 Å². The summed E-state index contributed by atoms with van der Waals surface area (Å²) in [6, 6.07) is 8.54. The van der Waals surface area contributed by atoms with Crippen LogP contribution in [0.15, 0.2) is 65.7 Å². The van der Waals surface area contributed by atoms with Crippen LogP contribution in [-0.2, 0) is 0 Å². The molecule has 3 atom stereocenters. The van der Waals surface area contributed by atoms with Gasteiger partial charge in [0.25, 0.3) is 5.91 Å². The molecule has 39 heavy (non-hydrogen) atoms. The van der Waals surface area contributed by atoms with E-state index >= 15 is 0 Å². The Balaban J connectivity index is 1.77. The third-order valence-electron chi connectivity index (χ3n) is 5.88. The second-order valence-corrected chi connectivity index (χ2v) is 8.96. The number of hydrogen-bond donors (Lipinski definition) is 3. The van der Waals surface area contributed by atoms with Crippen LogP contribution >= 0.6 is 11.6 Å². The van der Waals surface area contributed by atoms with Gasteiger partial charge in [-0.25, -0.2) is 28.0 Å². The average molecular weight is 574 g/mol. The predicted octanol–water partition coefficient (Wildman–Crippen LogP) is 6.01. The molecule has 0 aromatic heterocycles. The van der Waals surface area contributed by atoms with Gasteiger partial charge >= 0.3 is 6.18 Å². The Morgan fingerprint density at radius 1 is 1.00 bits per heavy atom. The molecular formula is C25H19ClF7N5O. The molecule has 6 nitrogen and oxygen atoms in total. The largest absolute Gasteiger partial charge is 0.406 e. The lowest BCUT2D eigenvalue weighted by atomic mass is 10.0. The molecule has 0 saturated carbocycles. The van der Waals surface area contributed by atoms with E-state index in [9.17, 15) is 35.5 Å². The number of nitrogens with one attached hydrogen (secondary N) is 3. The molecule has 3 N–H and O–H groups in total. The van der Waals surface area contributed by atoms with Gasteiger partial charge in [0.2, 0.25) is 5.96 Å². The maximum absolute atomic E-state index is 14.6. The number of anilines is 2. The zero-order valence-electron chi connectivity index (χ0n) is 19.8. The molecule has 206 valence electrons. The Morgan fingerprint density at radius 3 is 2.33 bits per heavy atom. The molecule has 1 saturated heterocycles. The first-order chi connectivity index (χ1) is 18.3.